The summed E-state index contributed by atoms with van der Waals surface area (Å²) in [5.74, 6) is 0.753. The molecule has 0 atom stereocenters. The number of anilines is 1. The van der Waals surface area contributed by atoms with Gasteiger partial charge in [0.05, 0.1) is 0 Å². The predicted molar refractivity (Wildman–Crippen MR) is 64.1 cm³/mol. The van der Waals surface area contributed by atoms with E-state index in [1.165, 1.54) is 25.7 Å². The van der Waals surface area contributed by atoms with E-state index in [2.05, 4.69) is 10.3 Å². The lowest BCUT2D eigenvalue weighted by atomic mass is 10.0. The van der Waals surface area contributed by atoms with E-state index in [1.807, 2.05) is 0 Å². The largest absolute Gasteiger partial charge is 0.397 e. The normalized spacial score (nSPS) is 16.5. The van der Waals surface area contributed by atoms with Crippen molar-refractivity contribution in [2.75, 3.05) is 12.3 Å². The van der Waals surface area contributed by atoms with Gasteiger partial charge in [-0.2, -0.15) is 0 Å². The maximum absolute atomic E-state index is 11.6. The van der Waals surface area contributed by atoms with E-state index in [0.29, 0.717) is 11.4 Å². The highest BCUT2D eigenvalue weighted by Gasteiger charge is 2.15. The first-order valence-electron chi connectivity index (χ1n) is 5.98. The highest BCUT2D eigenvalue weighted by Crippen LogP contribution is 2.26. The molecule has 0 bridgehead atoms. The number of aromatic nitrogens is 1. The van der Waals surface area contributed by atoms with E-state index in [0.717, 1.165) is 18.9 Å². The van der Waals surface area contributed by atoms with Crippen LogP contribution in [0.4, 0.5) is 5.69 Å². The van der Waals surface area contributed by atoms with Crippen molar-refractivity contribution in [3.8, 4) is 0 Å². The fraction of sp³-hybridized carbons (Fsp3) is 0.583. The SMILES string of the molecule is Nc1c[nH]c(C(=O)NCCC2CCCC2)c1. The minimum absolute atomic E-state index is 0.0605. The zero-order valence-electron chi connectivity index (χ0n) is 9.46. The minimum atomic E-state index is -0.0605. The molecule has 0 aliphatic heterocycles. The Balaban J connectivity index is 1.71. The average Bonchev–Trinajstić information content (AvgIpc) is 2.89. The van der Waals surface area contributed by atoms with Crippen LogP contribution in [0.2, 0.25) is 0 Å². The van der Waals surface area contributed by atoms with E-state index < -0.39 is 0 Å². The molecule has 1 saturated carbocycles. The highest BCUT2D eigenvalue weighted by atomic mass is 16.1. The summed E-state index contributed by atoms with van der Waals surface area (Å²) in [6, 6.07) is 1.66. The summed E-state index contributed by atoms with van der Waals surface area (Å²) in [6.45, 7) is 0.766. The second kappa shape index (κ2) is 5.05. The van der Waals surface area contributed by atoms with Crippen LogP contribution in [0.3, 0.4) is 0 Å². The Bertz CT molecular complexity index is 353. The van der Waals surface area contributed by atoms with Gasteiger partial charge in [0, 0.05) is 18.4 Å². The number of carbonyl (C=O) groups is 1. The molecule has 4 N–H and O–H groups in total. The molecular weight excluding hydrogens is 202 g/mol. The quantitative estimate of drug-likeness (QED) is 0.726. The predicted octanol–water partition coefficient (Wildman–Crippen LogP) is 1.91. The van der Waals surface area contributed by atoms with Crippen LogP contribution in [0.25, 0.3) is 0 Å². The molecule has 1 aromatic heterocycles. The van der Waals surface area contributed by atoms with Crippen LogP contribution in [0.15, 0.2) is 12.3 Å². The Morgan fingerprint density at radius 3 is 2.88 bits per heavy atom. The fourth-order valence-corrected chi connectivity index (χ4v) is 2.33. The topological polar surface area (TPSA) is 70.9 Å². The molecule has 1 aliphatic rings. The first-order valence-corrected chi connectivity index (χ1v) is 5.98. The summed E-state index contributed by atoms with van der Waals surface area (Å²) >= 11 is 0. The third kappa shape index (κ3) is 2.78. The van der Waals surface area contributed by atoms with Gasteiger partial charge in [0.25, 0.3) is 5.91 Å². The summed E-state index contributed by atoms with van der Waals surface area (Å²) in [5, 5.41) is 2.91. The van der Waals surface area contributed by atoms with Crippen molar-refractivity contribution in [1.29, 1.82) is 0 Å². The lowest BCUT2D eigenvalue weighted by Gasteiger charge is -2.09. The minimum Gasteiger partial charge on any atom is -0.397 e. The summed E-state index contributed by atoms with van der Waals surface area (Å²) in [6.07, 6.45) is 8.09. The van der Waals surface area contributed by atoms with Gasteiger partial charge >= 0.3 is 0 Å². The van der Waals surface area contributed by atoms with Crippen molar-refractivity contribution < 1.29 is 4.79 Å². The second-order valence-corrected chi connectivity index (χ2v) is 4.54. The molecule has 88 valence electrons. The number of nitrogens with two attached hydrogens (primary N) is 1. The summed E-state index contributed by atoms with van der Waals surface area (Å²) in [4.78, 5) is 14.5. The molecule has 0 radical (unpaired) electrons. The van der Waals surface area contributed by atoms with E-state index in [4.69, 9.17) is 5.73 Å². The maximum Gasteiger partial charge on any atom is 0.267 e. The third-order valence-electron chi connectivity index (χ3n) is 3.26. The van der Waals surface area contributed by atoms with Crippen molar-refractivity contribution in [2.24, 2.45) is 5.92 Å². The Labute approximate surface area is 95.6 Å². The van der Waals surface area contributed by atoms with Crippen molar-refractivity contribution in [3.63, 3.8) is 0 Å². The molecule has 1 fully saturated rings. The van der Waals surface area contributed by atoms with Gasteiger partial charge in [-0.05, 0) is 18.4 Å². The molecule has 0 aromatic carbocycles. The van der Waals surface area contributed by atoms with Crippen LogP contribution in [-0.4, -0.2) is 17.4 Å². The molecule has 0 saturated heterocycles. The fourth-order valence-electron chi connectivity index (χ4n) is 2.33. The van der Waals surface area contributed by atoms with Crippen molar-refractivity contribution in [3.05, 3.63) is 18.0 Å². The summed E-state index contributed by atoms with van der Waals surface area (Å²) in [7, 11) is 0. The van der Waals surface area contributed by atoms with Crippen LogP contribution in [0, 0.1) is 5.92 Å². The Morgan fingerprint density at radius 2 is 2.25 bits per heavy atom. The third-order valence-corrected chi connectivity index (χ3v) is 3.26. The molecule has 1 aromatic rings. The molecule has 16 heavy (non-hydrogen) atoms. The molecule has 4 nitrogen and oxygen atoms in total. The molecule has 0 spiro atoms. The van der Waals surface area contributed by atoms with Crippen molar-refractivity contribution in [2.45, 2.75) is 32.1 Å². The van der Waals surface area contributed by atoms with Crippen LogP contribution < -0.4 is 11.1 Å². The Hall–Kier alpha value is -1.45. The van der Waals surface area contributed by atoms with Crippen LogP contribution in [0.1, 0.15) is 42.6 Å². The number of carbonyl (C=O) groups excluding carboxylic acids is 1. The molecule has 1 aliphatic carbocycles. The van der Waals surface area contributed by atoms with E-state index in [-0.39, 0.29) is 5.91 Å². The zero-order valence-corrected chi connectivity index (χ0v) is 9.46. The van der Waals surface area contributed by atoms with Crippen molar-refractivity contribution in [1.82, 2.24) is 10.3 Å². The maximum atomic E-state index is 11.6. The van der Waals surface area contributed by atoms with E-state index in [9.17, 15) is 4.79 Å². The number of nitrogens with one attached hydrogen (secondary N) is 2. The molecule has 2 rings (SSSR count). The van der Waals surface area contributed by atoms with Gasteiger partial charge in [-0.25, -0.2) is 0 Å². The number of hydrogen-bond acceptors (Lipinski definition) is 2. The number of hydrogen-bond donors (Lipinski definition) is 3. The van der Waals surface area contributed by atoms with Gasteiger partial charge in [0.2, 0.25) is 0 Å². The Morgan fingerprint density at radius 1 is 1.50 bits per heavy atom. The molecular formula is C12H19N3O. The average molecular weight is 221 g/mol. The summed E-state index contributed by atoms with van der Waals surface area (Å²) < 4.78 is 0. The van der Waals surface area contributed by atoms with Gasteiger partial charge in [0.1, 0.15) is 5.69 Å². The zero-order chi connectivity index (χ0) is 11.4. The van der Waals surface area contributed by atoms with Crippen LogP contribution in [-0.2, 0) is 0 Å². The van der Waals surface area contributed by atoms with E-state index >= 15 is 0 Å². The molecule has 4 heteroatoms. The highest BCUT2D eigenvalue weighted by molar-refractivity contribution is 5.93. The van der Waals surface area contributed by atoms with Gasteiger partial charge in [-0.1, -0.05) is 25.7 Å². The van der Waals surface area contributed by atoms with Crippen LogP contribution in [0.5, 0.6) is 0 Å². The second-order valence-electron chi connectivity index (χ2n) is 4.54. The lowest BCUT2D eigenvalue weighted by Crippen LogP contribution is -2.25. The van der Waals surface area contributed by atoms with Gasteiger partial charge in [-0.15, -0.1) is 0 Å². The number of amides is 1. The number of rotatable bonds is 4. The number of nitrogen functional groups attached to an aromatic ring is 1. The number of aromatic amines is 1. The standard InChI is InChI=1S/C12H19N3O/c13-10-7-11(15-8-10)12(16)14-6-5-9-3-1-2-4-9/h7-9,15H,1-6,13H2,(H,14,16). The monoisotopic (exact) mass is 221 g/mol. The van der Waals surface area contributed by atoms with E-state index in [1.54, 1.807) is 12.3 Å². The molecule has 1 heterocycles. The number of H-pyrrole nitrogens is 1. The first kappa shape index (κ1) is 11.0. The lowest BCUT2D eigenvalue weighted by molar-refractivity contribution is 0.0947. The molecule has 0 unspecified atom stereocenters. The first-order chi connectivity index (χ1) is 7.75. The van der Waals surface area contributed by atoms with Crippen molar-refractivity contribution >= 4 is 11.6 Å². The van der Waals surface area contributed by atoms with Gasteiger partial charge in [0.15, 0.2) is 0 Å². The van der Waals surface area contributed by atoms with Gasteiger partial charge in [-0.3, -0.25) is 4.79 Å². The van der Waals surface area contributed by atoms with Crippen LogP contribution >= 0.6 is 0 Å². The van der Waals surface area contributed by atoms with Gasteiger partial charge < -0.3 is 16.0 Å². The molecule has 1 amide bonds. The smallest absolute Gasteiger partial charge is 0.267 e. The Kier molecular flexibility index (Phi) is 3.49. The summed E-state index contributed by atoms with van der Waals surface area (Å²) in [5.41, 5.74) is 6.68.